The fourth-order valence-corrected chi connectivity index (χ4v) is 3.35. The number of nitrogens with zero attached hydrogens (tertiary/aromatic N) is 1. The largest absolute Gasteiger partial charge is 0.493 e. The summed E-state index contributed by atoms with van der Waals surface area (Å²) >= 11 is 0. The minimum atomic E-state index is -0.800. The monoisotopic (exact) mass is 386 g/mol. The van der Waals surface area contributed by atoms with Crippen LogP contribution in [0.3, 0.4) is 0 Å². The van der Waals surface area contributed by atoms with E-state index in [0.717, 1.165) is 47.5 Å². The van der Waals surface area contributed by atoms with Crippen molar-refractivity contribution in [1.29, 1.82) is 0 Å². The molecule has 28 heavy (non-hydrogen) atoms. The third-order valence-corrected chi connectivity index (χ3v) is 5.01. The Balaban J connectivity index is 1.99. The summed E-state index contributed by atoms with van der Waals surface area (Å²) in [4.78, 5) is 4.61. The van der Waals surface area contributed by atoms with Gasteiger partial charge in [-0.2, -0.15) is 0 Å². The van der Waals surface area contributed by atoms with Gasteiger partial charge in [0, 0.05) is 23.7 Å². The third-order valence-electron chi connectivity index (χ3n) is 5.01. The highest BCUT2D eigenvalue weighted by Crippen LogP contribution is 2.31. The number of hydrogen-bond donors (Lipinski definition) is 1. The summed E-state index contributed by atoms with van der Waals surface area (Å²) in [5.41, 5.74) is 9.86. The van der Waals surface area contributed by atoms with Crippen LogP contribution >= 0.6 is 0 Å². The molecular weight excluding hydrogens is 351 g/mol. The number of unbranched alkanes of at least 4 members (excludes halogenated alkanes) is 4. The molecule has 1 aromatic carbocycles. The van der Waals surface area contributed by atoms with Crippen molar-refractivity contribution in [2.24, 2.45) is 0 Å². The number of alkyl halides is 1. The average molecular weight is 387 g/mol. The van der Waals surface area contributed by atoms with Gasteiger partial charge in [0.05, 0.1) is 18.0 Å². The third kappa shape index (κ3) is 7.14. The van der Waals surface area contributed by atoms with E-state index in [-0.39, 0.29) is 0 Å². The van der Waals surface area contributed by atoms with Crippen molar-refractivity contribution < 1.29 is 9.13 Å². The summed E-state index contributed by atoms with van der Waals surface area (Å²) < 4.78 is 19.6. The molecule has 4 heteroatoms. The molecule has 2 rings (SSSR count). The highest BCUT2D eigenvalue weighted by molar-refractivity contribution is 5.72. The van der Waals surface area contributed by atoms with Gasteiger partial charge in [-0.05, 0) is 31.4 Å². The molecule has 3 nitrogen and oxygen atoms in total. The van der Waals surface area contributed by atoms with E-state index >= 15 is 0 Å². The van der Waals surface area contributed by atoms with Gasteiger partial charge in [-0.15, -0.1) is 0 Å². The lowest BCUT2D eigenvalue weighted by Gasteiger charge is -2.14. The number of pyridine rings is 1. The number of ether oxygens (including phenoxy) is 1. The maximum Gasteiger partial charge on any atom is 0.127 e. The molecule has 0 fully saturated rings. The zero-order valence-corrected chi connectivity index (χ0v) is 17.4. The number of para-hydroxylation sites is 1. The summed E-state index contributed by atoms with van der Waals surface area (Å²) in [5, 5.41) is 0. The van der Waals surface area contributed by atoms with E-state index in [1.165, 1.54) is 25.7 Å². The topological polar surface area (TPSA) is 48.1 Å². The molecule has 0 radical (unpaired) electrons. The number of rotatable bonds is 13. The van der Waals surface area contributed by atoms with Gasteiger partial charge in [0.1, 0.15) is 11.9 Å². The van der Waals surface area contributed by atoms with E-state index in [4.69, 9.17) is 10.5 Å². The molecule has 2 aromatic rings. The minimum Gasteiger partial charge on any atom is -0.493 e. The predicted octanol–water partition coefficient (Wildman–Crippen LogP) is 6.75. The van der Waals surface area contributed by atoms with Crippen LogP contribution in [-0.4, -0.2) is 17.8 Å². The van der Waals surface area contributed by atoms with Crippen LogP contribution in [0.2, 0.25) is 0 Å². The van der Waals surface area contributed by atoms with Crippen molar-refractivity contribution in [2.45, 2.75) is 77.8 Å². The molecule has 0 spiro atoms. The van der Waals surface area contributed by atoms with Crippen molar-refractivity contribution in [1.82, 2.24) is 4.98 Å². The molecule has 0 saturated carbocycles. The van der Waals surface area contributed by atoms with Gasteiger partial charge in [0.2, 0.25) is 0 Å². The van der Waals surface area contributed by atoms with Crippen LogP contribution < -0.4 is 10.5 Å². The molecule has 0 amide bonds. The molecule has 1 heterocycles. The molecule has 0 aliphatic heterocycles. The number of aromatic nitrogens is 1. The SMILES string of the molecule is CCCCCCCc1ncc(-c2ccccc2OCCC(F)CCC)cc1N. The number of nitrogens with two attached hydrogens (primary N) is 1. The zero-order chi connectivity index (χ0) is 20.2. The van der Waals surface area contributed by atoms with Gasteiger partial charge in [0.25, 0.3) is 0 Å². The second-order valence-corrected chi connectivity index (χ2v) is 7.44. The molecule has 0 aliphatic rings. The van der Waals surface area contributed by atoms with E-state index in [1.54, 1.807) is 0 Å². The Morgan fingerprint density at radius 1 is 1.04 bits per heavy atom. The average Bonchev–Trinajstić information content (AvgIpc) is 2.69. The summed E-state index contributed by atoms with van der Waals surface area (Å²) in [6.07, 6.45) is 10.0. The molecule has 1 aromatic heterocycles. The summed E-state index contributed by atoms with van der Waals surface area (Å²) in [6, 6.07) is 9.79. The first-order chi connectivity index (χ1) is 13.7. The fourth-order valence-electron chi connectivity index (χ4n) is 3.35. The second kappa shape index (κ2) is 12.4. The molecule has 0 bridgehead atoms. The van der Waals surface area contributed by atoms with Crippen molar-refractivity contribution in [3.63, 3.8) is 0 Å². The van der Waals surface area contributed by atoms with Crippen molar-refractivity contribution in [2.75, 3.05) is 12.3 Å². The van der Waals surface area contributed by atoms with E-state index in [0.29, 0.717) is 19.4 Å². The maximum atomic E-state index is 13.7. The van der Waals surface area contributed by atoms with E-state index in [9.17, 15) is 4.39 Å². The lowest BCUT2D eigenvalue weighted by atomic mass is 10.0. The molecule has 2 N–H and O–H groups in total. The first-order valence-electron chi connectivity index (χ1n) is 10.8. The van der Waals surface area contributed by atoms with Crippen LogP contribution in [0.1, 0.15) is 70.9 Å². The highest BCUT2D eigenvalue weighted by atomic mass is 19.1. The Labute approximate surface area is 169 Å². The standard InChI is InChI=1S/C24H35FN2O/c1-3-5-6-7-8-13-23-22(26)17-19(18-27-23)21-12-9-10-14-24(21)28-16-15-20(25)11-4-2/h9-10,12,14,17-18,20H,3-8,11,13,15-16,26H2,1-2H3. The summed E-state index contributed by atoms with van der Waals surface area (Å²) in [5.74, 6) is 0.750. The number of benzene rings is 1. The number of nitrogen functional groups attached to an aromatic ring is 1. The Kier molecular flexibility index (Phi) is 9.81. The Morgan fingerprint density at radius 2 is 1.82 bits per heavy atom. The van der Waals surface area contributed by atoms with Crippen molar-refractivity contribution >= 4 is 5.69 Å². The van der Waals surface area contributed by atoms with E-state index in [2.05, 4.69) is 11.9 Å². The quantitative estimate of drug-likeness (QED) is 0.387. The minimum absolute atomic E-state index is 0.372. The first-order valence-corrected chi connectivity index (χ1v) is 10.8. The van der Waals surface area contributed by atoms with Gasteiger partial charge in [0.15, 0.2) is 0 Å². The summed E-state index contributed by atoms with van der Waals surface area (Å²) in [6.45, 7) is 4.59. The number of aryl methyl sites for hydroxylation is 1. The lowest BCUT2D eigenvalue weighted by Crippen LogP contribution is -2.07. The Morgan fingerprint density at radius 3 is 2.57 bits per heavy atom. The number of hydrogen-bond acceptors (Lipinski definition) is 3. The van der Waals surface area contributed by atoms with Crippen LogP contribution in [0.15, 0.2) is 36.5 Å². The number of anilines is 1. The van der Waals surface area contributed by atoms with Crippen LogP contribution in [0.5, 0.6) is 5.75 Å². The van der Waals surface area contributed by atoms with Gasteiger partial charge >= 0.3 is 0 Å². The second-order valence-electron chi connectivity index (χ2n) is 7.44. The Hall–Kier alpha value is -2.10. The molecule has 0 saturated heterocycles. The van der Waals surface area contributed by atoms with Crippen LogP contribution in [0, 0.1) is 0 Å². The molecule has 0 aliphatic carbocycles. The Bertz CT molecular complexity index is 705. The summed E-state index contributed by atoms with van der Waals surface area (Å²) in [7, 11) is 0. The molecule has 1 unspecified atom stereocenters. The van der Waals surface area contributed by atoms with Crippen LogP contribution in [0.4, 0.5) is 10.1 Å². The van der Waals surface area contributed by atoms with Gasteiger partial charge in [-0.25, -0.2) is 4.39 Å². The predicted molar refractivity (Wildman–Crippen MR) is 116 cm³/mol. The lowest BCUT2D eigenvalue weighted by molar-refractivity contribution is 0.226. The van der Waals surface area contributed by atoms with Crippen LogP contribution in [0.25, 0.3) is 11.1 Å². The van der Waals surface area contributed by atoms with E-state index < -0.39 is 6.17 Å². The highest BCUT2D eigenvalue weighted by Gasteiger charge is 2.11. The van der Waals surface area contributed by atoms with Crippen molar-refractivity contribution in [3.8, 4) is 16.9 Å². The molecular formula is C24H35FN2O. The van der Waals surface area contributed by atoms with E-state index in [1.807, 2.05) is 43.5 Å². The van der Waals surface area contributed by atoms with Gasteiger partial charge < -0.3 is 10.5 Å². The number of halogens is 1. The van der Waals surface area contributed by atoms with Gasteiger partial charge in [-0.1, -0.05) is 64.2 Å². The van der Waals surface area contributed by atoms with Crippen molar-refractivity contribution in [3.05, 3.63) is 42.2 Å². The molecule has 1 atom stereocenters. The van der Waals surface area contributed by atoms with Crippen LogP contribution in [-0.2, 0) is 6.42 Å². The van der Waals surface area contributed by atoms with Gasteiger partial charge in [-0.3, -0.25) is 4.98 Å². The maximum absolute atomic E-state index is 13.7. The zero-order valence-electron chi connectivity index (χ0n) is 17.4. The first kappa shape index (κ1) is 22.2. The molecule has 154 valence electrons. The fraction of sp³-hybridized carbons (Fsp3) is 0.542. The normalized spacial score (nSPS) is 12.1. The smallest absolute Gasteiger partial charge is 0.127 e.